The fourth-order valence-corrected chi connectivity index (χ4v) is 2.11. The highest BCUT2D eigenvalue weighted by Gasteiger charge is 2.14. The van der Waals surface area contributed by atoms with Crippen LogP contribution in [0.15, 0.2) is 47.0 Å². The number of non-ortho nitro benzene ring substituents is 1. The van der Waals surface area contributed by atoms with Crippen LogP contribution in [0.1, 0.15) is 5.89 Å². The van der Waals surface area contributed by atoms with Gasteiger partial charge in [-0.25, -0.2) is 4.39 Å². The maximum Gasteiger partial charge on any atom is 0.272 e. The van der Waals surface area contributed by atoms with E-state index >= 15 is 0 Å². The maximum absolute atomic E-state index is 13.7. The third-order valence-electron chi connectivity index (χ3n) is 3.03. The molecule has 0 amide bonds. The van der Waals surface area contributed by atoms with E-state index in [1.807, 2.05) is 0 Å². The molecule has 0 spiro atoms. The first-order valence-corrected chi connectivity index (χ1v) is 7.06. The zero-order valence-corrected chi connectivity index (χ0v) is 12.7. The number of nitro benzene ring substituents is 1. The quantitative estimate of drug-likeness (QED) is 0.510. The summed E-state index contributed by atoms with van der Waals surface area (Å²) in [6.45, 7) is -0.178. The van der Waals surface area contributed by atoms with Gasteiger partial charge in [-0.2, -0.15) is 4.98 Å². The Hall–Kier alpha value is -3.00. The molecule has 0 saturated carbocycles. The fourth-order valence-electron chi connectivity index (χ4n) is 1.92. The second kappa shape index (κ2) is 6.63. The summed E-state index contributed by atoms with van der Waals surface area (Å²) in [7, 11) is 0. The standard InChI is InChI=1S/C15H9ClFN3O4/c16-10-3-1-2-9(6-10)15-18-14(24-19-15)8-23-13-5-4-11(20(21)22)7-12(13)17/h1-7H,8H2. The molecular weight excluding hydrogens is 341 g/mol. The van der Waals surface area contributed by atoms with Gasteiger partial charge in [0, 0.05) is 16.7 Å². The molecule has 24 heavy (non-hydrogen) atoms. The molecule has 0 aliphatic rings. The predicted molar refractivity (Wildman–Crippen MR) is 82.1 cm³/mol. The van der Waals surface area contributed by atoms with Crippen LogP contribution in [-0.2, 0) is 6.61 Å². The third kappa shape index (κ3) is 3.49. The Balaban J connectivity index is 1.71. The molecule has 0 saturated heterocycles. The van der Waals surface area contributed by atoms with Crippen molar-refractivity contribution < 1.29 is 18.6 Å². The van der Waals surface area contributed by atoms with Crippen molar-refractivity contribution in [2.24, 2.45) is 0 Å². The van der Waals surface area contributed by atoms with Gasteiger partial charge in [-0.05, 0) is 18.2 Å². The number of nitro groups is 1. The molecule has 0 aliphatic heterocycles. The number of benzene rings is 2. The molecule has 0 unspecified atom stereocenters. The number of aromatic nitrogens is 2. The molecule has 0 fully saturated rings. The van der Waals surface area contributed by atoms with Gasteiger partial charge in [0.25, 0.3) is 11.6 Å². The lowest BCUT2D eigenvalue weighted by atomic mass is 10.2. The number of ether oxygens (including phenoxy) is 1. The number of nitrogens with zero attached hydrogens (tertiary/aromatic N) is 3. The largest absolute Gasteiger partial charge is 0.481 e. The second-order valence-corrected chi connectivity index (χ2v) is 5.12. The molecule has 0 bridgehead atoms. The van der Waals surface area contributed by atoms with Crippen molar-refractivity contribution in [3.05, 3.63) is 69.3 Å². The summed E-state index contributed by atoms with van der Waals surface area (Å²) < 4.78 is 24.0. The van der Waals surface area contributed by atoms with Crippen molar-refractivity contribution in [3.63, 3.8) is 0 Å². The number of rotatable bonds is 5. The van der Waals surface area contributed by atoms with Crippen molar-refractivity contribution in [1.82, 2.24) is 10.1 Å². The monoisotopic (exact) mass is 349 g/mol. The van der Waals surface area contributed by atoms with Crippen molar-refractivity contribution in [1.29, 1.82) is 0 Å². The maximum atomic E-state index is 13.7. The van der Waals surface area contributed by atoms with E-state index in [0.29, 0.717) is 16.4 Å². The number of hydrogen-bond donors (Lipinski definition) is 0. The van der Waals surface area contributed by atoms with Crippen LogP contribution in [0.3, 0.4) is 0 Å². The van der Waals surface area contributed by atoms with E-state index in [9.17, 15) is 14.5 Å². The average Bonchev–Trinajstić information content (AvgIpc) is 3.02. The van der Waals surface area contributed by atoms with Gasteiger partial charge < -0.3 is 9.26 Å². The lowest BCUT2D eigenvalue weighted by Crippen LogP contribution is -1.98. The Morgan fingerprint density at radius 2 is 2.12 bits per heavy atom. The first kappa shape index (κ1) is 15.9. The predicted octanol–water partition coefficient (Wildman–Crippen LogP) is 4.02. The number of halogens is 2. The zero-order valence-electron chi connectivity index (χ0n) is 12.0. The molecule has 3 aromatic rings. The van der Waals surface area contributed by atoms with E-state index in [2.05, 4.69) is 10.1 Å². The van der Waals surface area contributed by atoms with E-state index in [-0.39, 0.29) is 23.9 Å². The molecule has 3 rings (SSSR count). The molecule has 0 radical (unpaired) electrons. The van der Waals surface area contributed by atoms with E-state index in [4.69, 9.17) is 20.9 Å². The summed E-state index contributed by atoms with van der Waals surface area (Å²) in [5.41, 5.74) is 0.305. The van der Waals surface area contributed by atoms with Crippen molar-refractivity contribution in [2.75, 3.05) is 0 Å². The molecular formula is C15H9ClFN3O4. The van der Waals surface area contributed by atoms with Crippen LogP contribution in [0.2, 0.25) is 5.02 Å². The van der Waals surface area contributed by atoms with Gasteiger partial charge in [-0.3, -0.25) is 10.1 Å². The molecule has 7 nitrogen and oxygen atoms in total. The van der Waals surface area contributed by atoms with Gasteiger partial charge in [0.15, 0.2) is 18.2 Å². The van der Waals surface area contributed by atoms with Gasteiger partial charge >= 0.3 is 0 Å². The van der Waals surface area contributed by atoms with Crippen LogP contribution >= 0.6 is 11.6 Å². The molecule has 122 valence electrons. The minimum Gasteiger partial charge on any atom is -0.481 e. The highest BCUT2D eigenvalue weighted by Crippen LogP contribution is 2.24. The van der Waals surface area contributed by atoms with E-state index in [1.165, 1.54) is 6.07 Å². The minimum atomic E-state index is -0.848. The third-order valence-corrected chi connectivity index (χ3v) is 3.26. The number of hydrogen-bond acceptors (Lipinski definition) is 6. The Bertz CT molecular complexity index is 900. The highest BCUT2D eigenvalue weighted by atomic mass is 35.5. The summed E-state index contributed by atoms with van der Waals surface area (Å²) in [4.78, 5) is 14.0. The highest BCUT2D eigenvalue weighted by molar-refractivity contribution is 6.30. The minimum absolute atomic E-state index is 0.128. The van der Waals surface area contributed by atoms with Crippen LogP contribution in [0.5, 0.6) is 5.75 Å². The van der Waals surface area contributed by atoms with Crippen LogP contribution in [0.25, 0.3) is 11.4 Å². The van der Waals surface area contributed by atoms with E-state index in [0.717, 1.165) is 12.1 Å². The van der Waals surface area contributed by atoms with Gasteiger partial charge in [0.2, 0.25) is 5.82 Å². The average molecular weight is 350 g/mol. The molecule has 2 aromatic carbocycles. The Kier molecular flexibility index (Phi) is 4.39. The SMILES string of the molecule is O=[N+]([O-])c1ccc(OCc2nc(-c3cccc(Cl)c3)no2)c(F)c1. The van der Waals surface area contributed by atoms with E-state index in [1.54, 1.807) is 24.3 Å². The molecule has 1 heterocycles. The Morgan fingerprint density at radius 3 is 2.83 bits per heavy atom. The molecule has 0 aliphatic carbocycles. The van der Waals surface area contributed by atoms with Crippen LogP contribution in [0.4, 0.5) is 10.1 Å². The molecule has 0 N–H and O–H groups in total. The van der Waals surface area contributed by atoms with Crippen LogP contribution in [-0.4, -0.2) is 15.1 Å². The topological polar surface area (TPSA) is 91.3 Å². The van der Waals surface area contributed by atoms with Crippen molar-refractivity contribution in [2.45, 2.75) is 6.61 Å². The van der Waals surface area contributed by atoms with E-state index < -0.39 is 10.7 Å². The summed E-state index contributed by atoms with van der Waals surface area (Å²) >= 11 is 5.89. The van der Waals surface area contributed by atoms with Crippen molar-refractivity contribution in [3.8, 4) is 17.1 Å². The molecule has 0 atom stereocenters. The van der Waals surface area contributed by atoms with Crippen LogP contribution in [0, 0.1) is 15.9 Å². The molecule has 9 heteroatoms. The summed E-state index contributed by atoms with van der Waals surface area (Å²) in [6, 6.07) is 9.99. The second-order valence-electron chi connectivity index (χ2n) is 4.68. The lowest BCUT2D eigenvalue weighted by molar-refractivity contribution is -0.385. The van der Waals surface area contributed by atoms with Crippen LogP contribution < -0.4 is 4.74 Å². The van der Waals surface area contributed by atoms with Gasteiger partial charge in [-0.15, -0.1) is 0 Å². The summed E-state index contributed by atoms with van der Waals surface area (Å²) in [5, 5.41) is 14.9. The van der Waals surface area contributed by atoms with Gasteiger partial charge in [-0.1, -0.05) is 28.9 Å². The Labute approximate surface area is 139 Å². The van der Waals surface area contributed by atoms with Crippen molar-refractivity contribution >= 4 is 17.3 Å². The summed E-state index contributed by atoms with van der Waals surface area (Å²) in [6.07, 6.45) is 0. The fraction of sp³-hybridized carbons (Fsp3) is 0.0667. The first-order valence-electron chi connectivity index (χ1n) is 6.68. The summed E-state index contributed by atoms with van der Waals surface area (Å²) in [5.74, 6) is -0.551. The first-order chi connectivity index (χ1) is 11.5. The van der Waals surface area contributed by atoms with Gasteiger partial charge in [0.05, 0.1) is 11.0 Å². The molecule has 1 aromatic heterocycles. The van der Waals surface area contributed by atoms with Gasteiger partial charge in [0.1, 0.15) is 0 Å². The smallest absolute Gasteiger partial charge is 0.272 e. The normalized spacial score (nSPS) is 10.6. The Morgan fingerprint density at radius 1 is 1.29 bits per heavy atom. The zero-order chi connectivity index (χ0) is 17.1. The lowest BCUT2D eigenvalue weighted by Gasteiger charge is -2.03.